The molecule has 3 rings (SSSR count). The molecule has 1 amide bonds. The molecule has 0 saturated carbocycles. The van der Waals surface area contributed by atoms with Crippen LogP contribution in [0.5, 0.6) is 11.5 Å². The number of carbonyl (C=O) groups is 1. The van der Waals surface area contributed by atoms with Gasteiger partial charge in [-0.25, -0.2) is 8.42 Å². The summed E-state index contributed by atoms with van der Waals surface area (Å²) in [4.78, 5) is 13.4. The van der Waals surface area contributed by atoms with Crippen LogP contribution < -0.4 is 19.1 Å². The molecule has 198 valence electrons. The van der Waals surface area contributed by atoms with Crippen molar-refractivity contribution in [3.63, 3.8) is 0 Å². The van der Waals surface area contributed by atoms with Crippen molar-refractivity contribution >= 4 is 21.6 Å². The van der Waals surface area contributed by atoms with Gasteiger partial charge in [0.25, 0.3) is 10.0 Å². The first-order valence-corrected chi connectivity index (χ1v) is 13.6. The lowest BCUT2D eigenvalue weighted by molar-refractivity contribution is -0.120. The normalized spacial score (nSPS) is 12.2. The number of nitrogens with one attached hydrogen (secondary N) is 1. The van der Waals surface area contributed by atoms with E-state index in [1.165, 1.54) is 7.11 Å². The van der Waals surface area contributed by atoms with Crippen LogP contribution in [0.25, 0.3) is 0 Å². The van der Waals surface area contributed by atoms with Crippen molar-refractivity contribution in [1.29, 1.82) is 0 Å². The average molecular weight is 525 g/mol. The summed E-state index contributed by atoms with van der Waals surface area (Å²) in [5, 5.41) is 2.99. The Morgan fingerprint density at radius 3 is 2.19 bits per heavy atom. The molecule has 0 saturated heterocycles. The second kappa shape index (κ2) is 11.7. The van der Waals surface area contributed by atoms with Crippen LogP contribution in [0.4, 0.5) is 5.69 Å². The average Bonchev–Trinajstić information content (AvgIpc) is 2.86. The Labute approximate surface area is 220 Å². The van der Waals surface area contributed by atoms with Gasteiger partial charge in [-0.05, 0) is 79.8 Å². The first kappa shape index (κ1) is 28.1. The Bertz CT molecular complexity index is 1350. The predicted octanol–water partition coefficient (Wildman–Crippen LogP) is 5.52. The molecule has 0 aromatic heterocycles. The highest BCUT2D eigenvalue weighted by Gasteiger charge is 2.28. The van der Waals surface area contributed by atoms with Crippen molar-refractivity contribution in [1.82, 2.24) is 5.32 Å². The van der Waals surface area contributed by atoms with Gasteiger partial charge >= 0.3 is 0 Å². The number of nitrogens with zero attached hydrogens (tertiary/aromatic N) is 1. The number of benzene rings is 3. The SMILES string of the molecule is COc1cccc(N(CC(=O)N[C@H](C)c2cc(C(C)C)c(OC)cc2C)S(=O)(=O)c2ccc(C)cc2)c1. The van der Waals surface area contributed by atoms with E-state index in [1.807, 2.05) is 32.9 Å². The number of sulfonamides is 1. The van der Waals surface area contributed by atoms with Crippen molar-refractivity contribution < 1.29 is 22.7 Å². The van der Waals surface area contributed by atoms with Gasteiger partial charge in [-0.2, -0.15) is 0 Å². The maximum absolute atomic E-state index is 13.7. The summed E-state index contributed by atoms with van der Waals surface area (Å²) in [5.41, 5.74) is 4.25. The van der Waals surface area contributed by atoms with Crippen molar-refractivity contribution in [3.05, 3.63) is 82.9 Å². The van der Waals surface area contributed by atoms with Crippen LogP contribution in [0.2, 0.25) is 0 Å². The molecule has 7 nitrogen and oxygen atoms in total. The van der Waals surface area contributed by atoms with Gasteiger partial charge < -0.3 is 14.8 Å². The third kappa shape index (κ3) is 6.43. The summed E-state index contributed by atoms with van der Waals surface area (Å²) in [7, 11) is -0.871. The van der Waals surface area contributed by atoms with Crippen LogP contribution in [0.15, 0.2) is 65.6 Å². The van der Waals surface area contributed by atoms with Gasteiger partial charge in [-0.15, -0.1) is 0 Å². The maximum atomic E-state index is 13.7. The minimum absolute atomic E-state index is 0.106. The van der Waals surface area contributed by atoms with Crippen LogP contribution in [0, 0.1) is 13.8 Å². The highest BCUT2D eigenvalue weighted by molar-refractivity contribution is 7.92. The lowest BCUT2D eigenvalue weighted by atomic mass is 9.93. The Kier molecular flexibility index (Phi) is 8.86. The van der Waals surface area contributed by atoms with Gasteiger partial charge in [0.1, 0.15) is 18.0 Å². The van der Waals surface area contributed by atoms with Gasteiger partial charge in [-0.1, -0.05) is 37.6 Å². The van der Waals surface area contributed by atoms with Crippen molar-refractivity contribution in [3.8, 4) is 11.5 Å². The minimum Gasteiger partial charge on any atom is -0.497 e. The number of aryl methyl sites for hydroxylation is 2. The number of ether oxygens (including phenoxy) is 2. The molecule has 1 atom stereocenters. The molecule has 0 aliphatic carbocycles. The van der Waals surface area contributed by atoms with E-state index in [0.29, 0.717) is 11.4 Å². The van der Waals surface area contributed by atoms with Gasteiger partial charge in [0.2, 0.25) is 5.91 Å². The molecule has 0 unspecified atom stereocenters. The molecule has 1 N–H and O–H groups in total. The number of hydrogen-bond donors (Lipinski definition) is 1. The van der Waals surface area contributed by atoms with Gasteiger partial charge in [0.15, 0.2) is 0 Å². The fourth-order valence-electron chi connectivity index (χ4n) is 4.22. The summed E-state index contributed by atoms with van der Waals surface area (Å²) in [5.74, 6) is 1.11. The number of amides is 1. The fourth-order valence-corrected chi connectivity index (χ4v) is 5.64. The second-order valence-electron chi connectivity index (χ2n) is 9.42. The van der Waals surface area contributed by atoms with Crippen LogP contribution >= 0.6 is 0 Å². The molecular weight excluding hydrogens is 488 g/mol. The second-order valence-corrected chi connectivity index (χ2v) is 11.3. The summed E-state index contributed by atoms with van der Waals surface area (Å²) in [6, 6.07) is 16.9. The van der Waals surface area contributed by atoms with E-state index in [0.717, 1.165) is 32.3 Å². The van der Waals surface area contributed by atoms with Crippen molar-refractivity contribution in [2.24, 2.45) is 0 Å². The van der Waals surface area contributed by atoms with Crippen LogP contribution in [0.3, 0.4) is 0 Å². The molecular formula is C29H36N2O5S. The van der Waals surface area contributed by atoms with E-state index in [-0.39, 0.29) is 23.4 Å². The molecule has 3 aromatic carbocycles. The fraction of sp³-hybridized carbons (Fsp3) is 0.345. The molecule has 0 heterocycles. The van der Waals surface area contributed by atoms with Crippen molar-refractivity contribution in [2.75, 3.05) is 25.1 Å². The predicted molar refractivity (Wildman–Crippen MR) is 147 cm³/mol. The summed E-state index contributed by atoms with van der Waals surface area (Å²) in [6.45, 7) is 9.53. The van der Waals surface area contributed by atoms with E-state index in [4.69, 9.17) is 9.47 Å². The van der Waals surface area contributed by atoms with E-state index in [2.05, 4.69) is 19.2 Å². The summed E-state index contributed by atoms with van der Waals surface area (Å²) >= 11 is 0. The van der Waals surface area contributed by atoms with E-state index < -0.39 is 15.9 Å². The topological polar surface area (TPSA) is 84.9 Å². The Balaban J connectivity index is 1.93. The molecule has 0 spiro atoms. The first-order valence-electron chi connectivity index (χ1n) is 12.2. The van der Waals surface area contributed by atoms with Gasteiger partial charge in [0, 0.05) is 6.07 Å². The lowest BCUT2D eigenvalue weighted by Crippen LogP contribution is -2.41. The zero-order chi connectivity index (χ0) is 27.3. The quantitative estimate of drug-likeness (QED) is 0.378. The molecule has 8 heteroatoms. The highest BCUT2D eigenvalue weighted by Crippen LogP contribution is 2.32. The molecule has 3 aromatic rings. The third-order valence-corrected chi connectivity index (χ3v) is 8.11. The Morgan fingerprint density at radius 2 is 1.59 bits per heavy atom. The maximum Gasteiger partial charge on any atom is 0.264 e. The molecule has 0 bridgehead atoms. The Morgan fingerprint density at radius 1 is 0.919 bits per heavy atom. The van der Waals surface area contributed by atoms with E-state index >= 15 is 0 Å². The standard InChI is InChI=1S/C29H36N2O5S/c1-19(2)26-17-27(21(4)15-28(26)36-7)22(5)30-29(32)18-31(23-9-8-10-24(16-23)35-6)37(33,34)25-13-11-20(3)12-14-25/h8-17,19,22H,18H2,1-7H3,(H,30,32)/t22-/m1/s1. The molecule has 0 aliphatic heterocycles. The summed E-state index contributed by atoms with van der Waals surface area (Å²) < 4.78 is 39.3. The van der Waals surface area contributed by atoms with Crippen molar-refractivity contribution in [2.45, 2.75) is 51.5 Å². The monoisotopic (exact) mass is 524 g/mol. The molecule has 0 fully saturated rings. The number of rotatable bonds is 10. The van der Waals surface area contributed by atoms with Crippen LogP contribution in [-0.4, -0.2) is 35.1 Å². The zero-order valence-electron chi connectivity index (χ0n) is 22.5. The summed E-state index contributed by atoms with van der Waals surface area (Å²) in [6.07, 6.45) is 0. The number of hydrogen-bond acceptors (Lipinski definition) is 5. The number of carbonyl (C=O) groups excluding carboxylic acids is 1. The van der Waals surface area contributed by atoms with E-state index in [1.54, 1.807) is 55.6 Å². The molecule has 0 radical (unpaired) electrons. The minimum atomic E-state index is -4.03. The molecule has 0 aliphatic rings. The molecule has 37 heavy (non-hydrogen) atoms. The van der Waals surface area contributed by atoms with E-state index in [9.17, 15) is 13.2 Å². The lowest BCUT2D eigenvalue weighted by Gasteiger charge is -2.26. The van der Waals surface area contributed by atoms with Gasteiger partial charge in [-0.3, -0.25) is 9.10 Å². The Hall–Kier alpha value is -3.52. The zero-order valence-corrected chi connectivity index (χ0v) is 23.3. The highest BCUT2D eigenvalue weighted by atomic mass is 32.2. The van der Waals surface area contributed by atoms with Gasteiger partial charge in [0.05, 0.1) is 30.8 Å². The third-order valence-electron chi connectivity index (χ3n) is 6.32. The number of anilines is 1. The van der Waals surface area contributed by atoms with Crippen LogP contribution in [-0.2, 0) is 14.8 Å². The smallest absolute Gasteiger partial charge is 0.264 e. The largest absolute Gasteiger partial charge is 0.497 e. The number of methoxy groups -OCH3 is 2. The van der Waals surface area contributed by atoms with Crippen LogP contribution in [0.1, 0.15) is 55.0 Å². The first-order chi connectivity index (χ1) is 17.5.